The Morgan fingerprint density at radius 1 is 0.958 bits per heavy atom. The number of sulfonamides is 1. The summed E-state index contributed by atoms with van der Waals surface area (Å²) in [5.41, 5.74) is 5.52. The van der Waals surface area contributed by atoms with Crippen LogP contribution in [0.1, 0.15) is 64.8 Å². The first kappa shape index (κ1) is 33.3. The Labute approximate surface area is 286 Å². The largest absolute Gasteiger partial charge is 0.475 e. The fourth-order valence-electron chi connectivity index (χ4n) is 6.10. The average molecular weight is 682 g/mol. The number of carbonyl (C=O) groups is 1. The standard InChI is InChI=1S/C37H39N5O4S2/c1-24-9-6-10-25(2)34(24)31-20-32-40-36(39-31)41-48(44,45)30-14-8-13-28(19-30)35(43)42(29(23-46-32)21-37(3,4)5)22-27-12-7-11-26(17-27)18-33-38-15-16-47-33/h6-17,19-20,29H,18,21-23H2,1-5H3,(H,39,40,41)/t29-/m1/s1. The zero-order chi connectivity index (χ0) is 34.1. The number of aryl methyl sites for hydroxylation is 2. The first-order chi connectivity index (χ1) is 22.8. The third kappa shape index (κ3) is 7.74. The molecule has 1 N–H and O–H groups in total. The number of aromatic nitrogens is 3. The molecule has 0 spiro atoms. The van der Waals surface area contributed by atoms with Gasteiger partial charge in [-0.2, -0.15) is 4.98 Å². The van der Waals surface area contributed by atoms with E-state index < -0.39 is 10.0 Å². The van der Waals surface area contributed by atoms with Gasteiger partial charge >= 0.3 is 0 Å². The highest BCUT2D eigenvalue weighted by molar-refractivity contribution is 7.92. The number of nitrogens with zero attached hydrogens (tertiary/aromatic N) is 4. The van der Waals surface area contributed by atoms with Crippen molar-refractivity contribution in [3.63, 3.8) is 0 Å². The second kappa shape index (κ2) is 13.5. The molecule has 5 aromatic rings. The van der Waals surface area contributed by atoms with Crippen LogP contribution in [0.3, 0.4) is 0 Å². The number of carbonyl (C=O) groups excluding carboxylic acids is 1. The summed E-state index contributed by atoms with van der Waals surface area (Å²) < 4.78 is 36.3. The van der Waals surface area contributed by atoms with E-state index in [1.54, 1.807) is 40.6 Å². The molecule has 0 fully saturated rings. The number of hydrogen-bond donors (Lipinski definition) is 1. The topological polar surface area (TPSA) is 114 Å². The van der Waals surface area contributed by atoms with Crippen molar-refractivity contribution < 1.29 is 17.9 Å². The highest BCUT2D eigenvalue weighted by Crippen LogP contribution is 2.32. The maximum Gasteiger partial charge on any atom is 0.264 e. The number of anilines is 1. The van der Waals surface area contributed by atoms with E-state index in [1.807, 2.05) is 49.6 Å². The van der Waals surface area contributed by atoms with E-state index in [4.69, 9.17) is 4.74 Å². The molecule has 0 saturated carbocycles. The second-order valence-corrected chi connectivity index (χ2v) is 16.1. The summed E-state index contributed by atoms with van der Waals surface area (Å²) in [4.78, 5) is 29.8. The molecule has 9 nitrogen and oxygen atoms in total. The van der Waals surface area contributed by atoms with Gasteiger partial charge in [0, 0.05) is 41.7 Å². The Hall–Kier alpha value is -4.61. The van der Waals surface area contributed by atoms with Gasteiger partial charge in [0.15, 0.2) is 0 Å². The van der Waals surface area contributed by atoms with Crippen LogP contribution in [0.4, 0.5) is 5.95 Å². The van der Waals surface area contributed by atoms with Crippen LogP contribution in [0.15, 0.2) is 89.3 Å². The predicted molar refractivity (Wildman–Crippen MR) is 189 cm³/mol. The summed E-state index contributed by atoms with van der Waals surface area (Å²) in [6, 6.07) is 21.6. The van der Waals surface area contributed by atoms with E-state index in [2.05, 4.69) is 52.6 Å². The lowest BCUT2D eigenvalue weighted by Gasteiger charge is -2.36. The molecule has 48 heavy (non-hydrogen) atoms. The number of hydrogen-bond acceptors (Lipinski definition) is 8. The zero-order valence-electron chi connectivity index (χ0n) is 27.7. The minimum atomic E-state index is -4.16. The van der Waals surface area contributed by atoms with Crippen molar-refractivity contribution in [2.24, 2.45) is 5.41 Å². The van der Waals surface area contributed by atoms with E-state index in [1.165, 1.54) is 12.1 Å². The molecular formula is C37H39N5O4S2. The van der Waals surface area contributed by atoms with E-state index in [9.17, 15) is 13.2 Å². The van der Waals surface area contributed by atoms with E-state index in [0.29, 0.717) is 25.1 Å². The number of rotatable bonds is 6. The molecule has 0 radical (unpaired) electrons. The van der Waals surface area contributed by atoms with Crippen molar-refractivity contribution in [3.8, 4) is 17.1 Å². The Morgan fingerprint density at radius 2 is 1.69 bits per heavy atom. The third-order valence-corrected chi connectivity index (χ3v) is 10.3. The molecule has 1 amide bonds. The maximum absolute atomic E-state index is 14.5. The van der Waals surface area contributed by atoms with Gasteiger partial charge in [0.25, 0.3) is 15.9 Å². The lowest BCUT2D eigenvalue weighted by Crippen LogP contribution is -2.45. The van der Waals surface area contributed by atoms with Crippen LogP contribution in [0.5, 0.6) is 5.88 Å². The smallest absolute Gasteiger partial charge is 0.264 e. The number of benzene rings is 3. The third-order valence-electron chi connectivity index (χ3n) is 8.21. The summed E-state index contributed by atoms with van der Waals surface area (Å²) in [7, 11) is -4.16. The maximum atomic E-state index is 14.5. The molecule has 11 heteroatoms. The van der Waals surface area contributed by atoms with Gasteiger partial charge < -0.3 is 9.64 Å². The molecule has 4 bridgehead atoms. The summed E-state index contributed by atoms with van der Waals surface area (Å²) >= 11 is 1.61. The van der Waals surface area contributed by atoms with Gasteiger partial charge in [0.05, 0.1) is 21.6 Å². The molecular weight excluding hydrogens is 643 g/mol. The number of amides is 1. The van der Waals surface area contributed by atoms with Crippen molar-refractivity contribution in [1.29, 1.82) is 0 Å². The van der Waals surface area contributed by atoms with Crippen LogP contribution in [0, 0.1) is 19.3 Å². The normalized spacial score (nSPS) is 16.2. The number of nitrogens with one attached hydrogen (secondary N) is 1. The SMILES string of the molecule is Cc1cccc(C)c1-c1cc2nc(n1)NS(=O)(=O)c1cccc(c1)C(=O)N(Cc1cccc(Cc3nccs3)c1)[C@H](CC(C)(C)C)CO2. The number of fused-ring (bicyclic) bond motifs is 4. The Morgan fingerprint density at radius 3 is 2.42 bits per heavy atom. The van der Waals surface area contributed by atoms with Gasteiger partial charge in [-0.15, -0.1) is 11.3 Å². The van der Waals surface area contributed by atoms with Crippen LogP contribution in [0.2, 0.25) is 0 Å². The molecule has 248 valence electrons. The van der Waals surface area contributed by atoms with Gasteiger partial charge in [-0.25, -0.2) is 23.1 Å². The molecule has 1 atom stereocenters. The first-order valence-electron chi connectivity index (χ1n) is 15.8. The Balaban J connectivity index is 1.46. The average Bonchev–Trinajstić information content (AvgIpc) is 3.54. The van der Waals surface area contributed by atoms with Crippen molar-refractivity contribution in [1.82, 2.24) is 19.9 Å². The molecule has 0 aliphatic carbocycles. The quantitative estimate of drug-likeness (QED) is 0.198. The van der Waals surface area contributed by atoms with E-state index >= 15 is 0 Å². The molecule has 1 aliphatic rings. The van der Waals surface area contributed by atoms with E-state index in [0.717, 1.165) is 32.8 Å². The molecule has 2 aromatic heterocycles. The van der Waals surface area contributed by atoms with Crippen molar-refractivity contribution in [2.45, 2.75) is 64.9 Å². The summed E-state index contributed by atoms with van der Waals surface area (Å²) in [5.74, 6) is -0.186. The lowest BCUT2D eigenvalue weighted by molar-refractivity contribution is 0.0513. The van der Waals surface area contributed by atoms with Gasteiger partial charge in [-0.3, -0.25) is 4.79 Å². The molecule has 0 saturated heterocycles. The fraction of sp³-hybridized carbons (Fsp3) is 0.297. The Bertz CT molecular complexity index is 2040. The highest BCUT2D eigenvalue weighted by Gasteiger charge is 2.31. The summed E-state index contributed by atoms with van der Waals surface area (Å²) in [5, 5.41) is 2.98. The van der Waals surface area contributed by atoms with Crippen LogP contribution in [-0.4, -0.2) is 46.8 Å². The Kier molecular flexibility index (Phi) is 9.35. The van der Waals surface area contributed by atoms with Gasteiger partial charge in [0.2, 0.25) is 11.8 Å². The first-order valence-corrected chi connectivity index (χ1v) is 18.2. The zero-order valence-corrected chi connectivity index (χ0v) is 29.4. The molecule has 3 heterocycles. The molecule has 6 rings (SSSR count). The number of ether oxygens (including phenoxy) is 1. The van der Waals surface area contributed by atoms with Crippen LogP contribution < -0.4 is 9.46 Å². The highest BCUT2D eigenvalue weighted by atomic mass is 32.2. The van der Waals surface area contributed by atoms with Crippen LogP contribution >= 0.6 is 11.3 Å². The van der Waals surface area contributed by atoms with Gasteiger partial charge in [-0.05, 0) is 66.1 Å². The van der Waals surface area contributed by atoms with Crippen LogP contribution in [-0.2, 0) is 23.0 Å². The summed E-state index contributed by atoms with van der Waals surface area (Å²) in [6.07, 6.45) is 3.11. The minimum Gasteiger partial charge on any atom is -0.475 e. The predicted octanol–water partition coefficient (Wildman–Crippen LogP) is 7.45. The fourth-order valence-corrected chi connectivity index (χ4v) is 7.74. The molecule has 1 aliphatic heterocycles. The monoisotopic (exact) mass is 681 g/mol. The minimum absolute atomic E-state index is 0.0612. The van der Waals surface area contributed by atoms with Gasteiger partial charge in [0.1, 0.15) is 6.61 Å². The van der Waals surface area contributed by atoms with Crippen molar-refractivity contribution >= 4 is 33.2 Å². The summed E-state index contributed by atoms with van der Waals surface area (Å²) in [6.45, 7) is 10.8. The molecule has 0 unspecified atom stereocenters. The van der Waals surface area contributed by atoms with Gasteiger partial charge in [-0.1, -0.05) is 69.3 Å². The second-order valence-electron chi connectivity index (χ2n) is 13.4. The number of thiazole rings is 1. The van der Waals surface area contributed by atoms with Crippen molar-refractivity contribution in [3.05, 3.63) is 117 Å². The van der Waals surface area contributed by atoms with Crippen LogP contribution in [0.25, 0.3) is 11.3 Å². The van der Waals surface area contributed by atoms with E-state index in [-0.39, 0.29) is 46.3 Å². The van der Waals surface area contributed by atoms with Crippen molar-refractivity contribution in [2.75, 3.05) is 11.3 Å². The lowest BCUT2D eigenvalue weighted by atomic mass is 9.87. The molecule has 3 aromatic carbocycles.